The molecule has 2 N–H and O–H groups in total. The molecule has 1 saturated carbocycles. The average Bonchev–Trinajstić information content (AvgIpc) is 3.08. The Hall–Kier alpha value is -2.51. The van der Waals surface area contributed by atoms with Crippen LogP contribution in [0.1, 0.15) is 49.8 Å². The molecule has 4 rings (SSSR count). The molecular formula is C25H30FN3O2S. The minimum absolute atomic E-state index is 0.168. The molecule has 0 saturated heterocycles. The smallest absolute Gasteiger partial charge is 0.234 e. The van der Waals surface area contributed by atoms with E-state index in [0.29, 0.717) is 5.92 Å². The summed E-state index contributed by atoms with van der Waals surface area (Å²) < 4.78 is 41.2. The van der Waals surface area contributed by atoms with Crippen LogP contribution in [0.2, 0.25) is 0 Å². The van der Waals surface area contributed by atoms with Crippen LogP contribution < -0.4 is 10.1 Å². The summed E-state index contributed by atoms with van der Waals surface area (Å²) in [5.74, 6) is 0.329. The standard InChI is InChI=1S/C25H30FN3O2S/c1-18(20-7-3-2-4-8-20)29-32(30,31)16-15-24-23-10-6-5-9-21(25(23)28-27-24)17-19-11-13-22(26)14-12-19/h2-4,7-8,11-16,18,21,23,25,28-29H,5-6,9-10,17H2,1H3/b16-15+/t18-,21?,23?,25?/m0/s1. The van der Waals surface area contributed by atoms with Gasteiger partial charge in [0.25, 0.3) is 0 Å². The summed E-state index contributed by atoms with van der Waals surface area (Å²) in [7, 11) is -3.60. The normalized spacial score (nSPS) is 24.4. The lowest BCUT2D eigenvalue weighted by Gasteiger charge is -2.26. The summed E-state index contributed by atoms with van der Waals surface area (Å²) in [6.07, 6.45) is 6.77. The van der Waals surface area contributed by atoms with E-state index in [1.165, 1.54) is 17.5 Å². The lowest BCUT2D eigenvalue weighted by atomic mass is 9.82. The van der Waals surface area contributed by atoms with Gasteiger partial charge in [-0.05, 0) is 61.4 Å². The molecule has 7 heteroatoms. The Balaban J connectivity index is 1.42. The van der Waals surface area contributed by atoms with Gasteiger partial charge in [-0.15, -0.1) is 0 Å². The first-order valence-electron chi connectivity index (χ1n) is 11.2. The van der Waals surface area contributed by atoms with E-state index in [-0.39, 0.29) is 23.8 Å². The molecule has 2 aliphatic rings. The molecule has 3 unspecified atom stereocenters. The van der Waals surface area contributed by atoms with Crippen molar-refractivity contribution in [2.75, 3.05) is 0 Å². The molecule has 5 nitrogen and oxygen atoms in total. The number of halogens is 1. The Morgan fingerprint density at radius 3 is 2.59 bits per heavy atom. The first-order valence-corrected chi connectivity index (χ1v) is 12.8. The minimum atomic E-state index is -3.60. The van der Waals surface area contributed by atoms with Crippen LogP contribution in [0, 0.1) is 17.7 Å². The van der Waals surface area contributed by atoms with Crippen molar-refractivity contribution in [2.45, 2.75) is 51.1 Å². The first-order chi connectivity index (χ1) is 15.4. The lowest BCUT2D eigenvalue weighted by Crippen LogP contribution is -2.36. The van der Waals surface area contributed by atoms with Crippen LogP contribution >= 0.6 is 0 Å². The Morgan fingerprint density at radius 2 is 1.84 bits per heavy atom. The van der Waals surface area contributed by atoms with E-state index in [1.54, 1.807) is 6.08 Å². The number of nitrogens with one attached hydrogen (secondary N) is 2. The molecule has 0 spiro atoms. The predicted molar refractivity (Wildman–Crippen MR) is 126 cm³/mol. The van der Waals surface area contributed by atoms with Crippen molar-refractivity contribution in [1.29, 1.82) is 0 Å². The second-order valence-corrected chi connectivity index (χ2v) is 10.4. The zero-order valence-corrected chi connectivity index (χ0v) is 19.1. The second-order valence-electron chi connectivity index (χ2n) is 8.77. The van der Waals surface area contributed by atoms with Gasteiger partial charge in [0.15, 0.2) is 0 Å². The molecule has 0 bridgehead atoms. The second kappa shape index (κ2) is 9.96. The number of allylic oxidation sites excluding steroid dienone is 1. The van der Waals surface area contributed by atoms with E-state index in [9.17, 15) is 12.8 Å². The number of sulfonamides is 1. The van der Waals surface area contributed by atoms with Gasteiger partial charge in [0.2, 0.25) is 10.0 Å². The van der Waals surface area contributed by atoms with Gasteiger partial charge in [-0.3, -0.25) is 0 Å². The van der Waals surface area contributed by atoms with Crippen molar-refractivity contribution in [3.8, 4) is 0 Å². The molecular weight excluding hydrogens is 425 g/mol. The number of hydrazone groups is 1. The van der Waals surface area contributed by atoms with Gasteiger partial charge in [0.1, 0.15) is 5.82 Å². The van der Waals surface area contributed by atoms with Crippen molar-refractivity contribution in [1.82, 2.24) is 10.1 Å². The van der Waals surface area contributed by atoms with E-state index >= 15 is 0 Å². The maximum atomic E-state index is 13.3. The van der Waals surface area contributed by atoms with E-state index in [1.807, 2.05) is 49.4 Å². The monoisotopic (exact) mass is 455 g/mol. The van der Waals surface area contributed by atoms with Crippen LogP contribution in [-0.2, 0) is 16.4 Å². The highest BCUT2D eigenvalue weighted by Gasteiger charge is 2.37. The molecule has 170 valence electrons. The maximum Gasteiger partial charge on any atom is 0.234 e. The highest BCUT2D eigenvalue weighted by atomic mass is 32.2. The van der Waals surface area contributed by atoms with E-state index in [2.05, 4.69) is 15.2 Å². The van der Waals surface area contributed by atoms with Gasteiger partial charge in [-0.25, -0.2) is 17.5 Å². The van der Waals surface area contributed by atoms with E-state index in [0.717, 1.165) is 48.9 Å². The summed E-state index contributed by atoms with van der Waals surface area (Å²) >= 11 is 0. The van der Waals surface area contributed by atoms with Crippen molar-refractivity contribution in [3.63, 3.8) is 0 Å². The third-order valence-corrected chi connectivity index (χ3v) is 7.65. The predicted octanol–water partition coefficient (Wildman–Crippen LogP) is 4.70. The average molecular weight is 456 g/mol. The summed E-state index contributed by atoms with van der Waals surface area (Å²) in [6, 6.07) is 16.0. The molecule has 2 aromatic rings. The van der Waals surface area contributed by atoms with Crippen LogP contribution in [0.15, 0.2) is 71.2 Å². The largest absolute Gasteiger partial charge is 0.306 e. The number of fused-ring (bicyclic) bond motifs is 1. The Kier molecular flexibility index (Phi) is 7.06. The Bertz CT molecular complexity index is 1070. The number of benzene rings is 2. The van der Waals surface area contributed by atoms with Gasteiger partial charge in [-0.1, -0.05) is 55.3 Å². The summed E-state index contributed by atoms with van der Waals surface area (Å²) in [5.41, 5.74) is 6.10. The lowest BCUT2D eigenvalue weighted by molar-refractivity contribution is 0.326. The van der Waals surface area contributed by atoms with Crippen LogP contribution in [0.4, 0.5) is 4.39 Å². The zero-order chi connectivity index (χ0) is 22.6. The van der Waals surface area contributed by atoms with Crippen LogP contribution in [0.3, 0.4) is 0 Å². The molecule has 4 atom stereocenters. The van der Waals surface area contributed by atoms with Crippen LogP contribution in [0.25, 0.3) is 0 Å². The van der Waals surface area contributed by atoms with Gasteiger partial charge in [0.05, 0.1) is 11.8 Å². The van der Waals surface area contributed by atoms with Crippen molar-refractivity contribution >= 4 is 15.7 Å². The molecule has 0 radical (unpaired) electrons. The summed E-state index contributed by atoms with van der Waals surface area (Å²) in [5, 5.41) is 5.73. The van der Waals surface area contributed by atoms with Gasteiger partial charge < -0.3 is 5.43 Å². The summed E-state index contributed by atoms with van der Waals surface area (Å²) in [6.45, 7) is 1.83. The third-order valence-electron chi connectivity index (χ3n) is 6.47. The quantitative estimate of drug-likeness (QED) is 0.636. The third kappa shape index (κ3) is 5.64. The highest BCUT2D eigenvalue weighted by molar-refractivity contribution is 7.92. The van der Waals surface area contributed by atoms with Gasteiger partial charge in [-0.2, -0.15) is 5.10 Å². The fraction of sp³-hybridized carbons (Fsp3) is 0.400. The molecule has 1 heterocycles. The molecule has 1 fully saturated rings. The van der Waals surface area contributed by atoms with Crippen molar-refractivity contribution in [3.05, 3.63) is 83.0 Å². The Labute approximate surface area is 189 Å². The molecule has 2 aromatic carbocycles. The SMILES string of the molecule is C[C@H](NS(=O)(=O)/C=C/C1=NNC2C(Cc3ccc(F)cc3)CCCCC12)c1ccccc1. The molecule has 0 amide bonds. The van der Waals surface area contributed by atoms with Crippen molar-refractivity contribution < 1.29 is 12.8 Å². The fourth-order valence-corrected chi connectivity index (χ4v) is 5.81. The number of nitrogens with zero attached hydrogens (tertiary/aromatic N) is 1. The van der Waals surface area contributed by atoms with Crippen molar-refractivity contribution in [2.24, 2.45) is 16.9 Å². The maximum absolute atomic E-state index is 13.3. The number of hydrogen-bond donors (Lipinski definition) is 2. The van der Waals surface area contributed by atoms with Gasteiger partial charge >= 0.3 is 0 Å². The number of rotatable bonds is 7. The zero-order valence-electron chi connectivity index (χ0n) is 18.2. The Morgan fingerprint density at radius 1 is 1.12 bits per heavy atom. The van der Waals surface area contributed by atoms with Gasteiger partial charge in [0, 0.05) is 17.4 Å². The topological polar surface area (TPSA) is 70.6 Å². The fourth-order valence-electron chi connectivity index (χ4n) is 4.79. The molecule has 0 aromatic heterocycles. The molecule has 1 aliphatic carbocycles. The minimum Gasteiger partial charge on any atom is -0.306 e. The summed E-state index contributed by atoms with van der Waals surface area (Å²) in [4.78, 5) is 0. The molecule has 32 heavy (non-hydrogen) atoms. The molecule has 1 aliphatic heterocycles. The van der Waals surface area contributed by atoms with E-state index in [4.69, 9.17) is 0 Å². The highest BCUT2D eigenvalue weighted by Crippen LogP contribution is 2.34. The van der Waals surface area contributed by atoms with Crippen LogP contribution in [-0.4, -0.2) is 20.2 Å². The number of hydrogen-bond acceptors (Lipinski definition) is 4. The first kappa shape index (κ1) is 22.7. The van der Waals surface area contributed by atoms with E-state index < -0.39 is 10.0 Å². The van der Waals surface area contributed by atoms with Crippen LogP contribution in [0.5, 0.6) is 0 Å².